The number of hydrogen-bond donors (Lipinski definition) is 1. The third-order valence-electron chi connectivity index (χ3n) is 7.30. The van der Waals surface area contributed by atoms with Gasteiger partial charge in [-0.3, -0.25) is 0 Å². The van der Waals surface area contributed by atoms with Crippen molar-refractivity contribution in [1.29, 1.82) is 0 Å². The van der Waals surface area contributed by atoms with Gasteiger partial charge in [0.25, 0.3) is 0 Å². The molecule has 0 fully saturated rings. The van der Waals surface area contributed by atoms with E-state index in [9.17, 15) is 5.11 Å². The van der Waals surface area contributed by atoms with Crippen molar-refractivity contribution in [2.45, 2.75) is 27.7 Å². The lowest BCUT2D eigenvalue weighted by atomic mass is 10.1. The normalized spacial score (nSPS) is 12.9. The van der Waals surface area contributed by atoms with Gasteiger partial charge in [-0.25, -0.2) is 9.67 Å². The molecule has 0 bridgehead atoms. The number of phenolic OH excluding ortho intramolecular Hbond substituents is 1. The highest BCUT2D eigenvalue weighted by atomic mass is 16.3. The smallest absolute Gasteiger partial charge is 0.182 e. The number of rotatable bonds is 5. The van der Waals surface area contributed by atoms with Crippen LogP contribution in [0.3, 0.4) is 0 Å². The Labute approximate surface area is 229 Å². The minimum atomic E-state index is 0.173. The minimum absolute atomic E-state index is 0.173. The third-order valence-corrected chi connectivity index (χ3v) is 7.30. The molecule has 0 amide bonds. The number of aryl methyl sites for hydroxylation is 4. The molecule has 1 aliphatic heterocycles. The molecule has 6 rings (SSSR count). The first-order chi connectivity index (χ1) is 18.9. The van der Waals surface area contributed by atoms with E-state index in [4.69, 9.17) is 10.1 Å². The van der Waals surface area contributed by atoms with Gasteiger partial charge in [-0.1, -0.05) is 60.7 Å². The molecule has 5 aromatic rings. The van der Waals surface area contributed by atoms with Crippen LogP contribution < -0.4 is 9.80 Å². The van der Waals surface area contributed by atoms with Crippen molar-refractivity contribution in [3.8, 4) is 34.2 Å². The second-order valence-electron chi connectivity index (χ2n) is 10.1. The van der Waals surface area contributed by atoms with Crippen LogP contribution in [0, 0.1) is 27.7 Å². The van der Waals surface area contributed by atoms with E-state index in [-0.39, 0.29) is 5.75 Å². The Morgan fingerprint density at radius 1 is 0.667 bits per heavy atom. The van der Waals surface area contributed by atoms with Crippen molar-refractivity contribution in [2.24, 2.45) is 0 Å². The fourth-order valence-electron chi connectivity index (χ4n) is 5.38. The molecule has 0 radical (unpaired) electrons. The number of aromatic nitrogens is 3. The lowest BCUT2D eigenvalue weighted by Crippen LogP contribution is -2.25. The van der Waals surface area contributed by atoms with E-state index in [0.717, 1.165) is 34.7 Å². The highest BCUT2D eigenvalue weighted by molar-refractivity contribution is 5.72. The largest absolute Gasteiger partial charge is 0.507 e. The first-order valence-corrected chi connectivity index (χ1v) is 13.1. The van der Waals surface area contributed by atoms with Crippen LogP contribution in [0.2, 0.25) is 0 Å². The molecule has 194 valence electrons. The Balaban J connectivity index is 1.40. The monoisotopic (exact) mass is 513 g/mol. The summed E-state index contributed by atoms with van der Waals surface area (Å²) in [6.45, 7) is 9.17. The van der Waals surface area contributed by atoms with Crippen molar-refractivity contribution in [2.75, 3.05) is 16.5 Å². The topological polar surface area (TPSA) is 57.4 Å². The molecule has 0 unspecified atom stereocenters. The van der Waals surface area contributed by atoms with Crippen LogP contribution in [0.15, 0.2) is 97.3 Å². The zero-order valence-electron chi connectivity index (χ0n) is 22.6. The number of phenols is 1. The van der Waals surface area contributed by atoms with Crippen molar-refractivity contribution in [1.82, 2.24) is 14.8 Å². The number of para-hydroxylation sites is 3. The van der Waals surface area contributed by atoms with Crippen LogP contribution >= 0.6 is 0 Å². The molecular formula is C33H31N5O. The summed E-state index contributed by atoms with van der Waals surface area (Å²) in [5, 5.41) is 15.7. The molecule has 0 aliphatic carbocycles. The zero-order valence-corrected chi connectivity index (χ0v) is 22.6. The number of aromatic hydroxyl groups is 1. The van der Waals surface area contributed by atoms with Gasteiger partial charge < -0.3 is 14.9 Å². The van der Waals surface area contributed by atoms with E-state index < -0.39 is 0 Å². The van der Waals surface area contributed by atoms with Crippen LogP contribution in [0.5, 0.6) is 5.75 Å². The highest BCUT2D eigenvalue weighted by Crippen LogP contribution is 2.34. The zero-order chi connectivity index (χ0) is 27.1. The molecule has 6 nitrogen and oxygen atoms in total. The van der Waals surface area contributed by atoms with Crippen LogP contribution in [-0.4, -0.2) is 26.5 Å². The van der Waals surface area contributed by atoms with Crippen LogP contribution in [0.25, 0.3) is 28.5 Å². The van der Waals surface area contributed by atoms with Crippen molar-refractivity contribution < 1.29 is 5.11 Å². The van der Waals surface area contributed by atoms with E-state index in [0.29, 0.717) is 17.2 Å². The van der Waals surface area contributed by atoms with Gasteiger partial charge in [-0.05, 0) is 74.2 Å². The fourth-order valence-corrected chi connectivity index (χ4v) is 5.38. The van der Waals surface area contributed by atoms with Gasteiger partial charge in [0, 0.05) is 29.3 Å². The second kappa shape index (κ2) is 9.80. The standard InChI is InChI=1S/C33H31N5O/c1-22-10-7-11-23(2)30(22)37-19-18-36(21-37)27-15-9-14-26(20-27)32-34-33(28-16-5-6-17-29(28)39)38(35-32)31-24(3)12-8-13-25(31)4/h5-20,39H,21H2,1-4H3. The first-order valence-electron chi connectivity index (χ1n) is 13.1. The van der Waals surface area contributed by atoms with E-state index in [1.54, 1.807) is 6.07 Å². The molecule has 6 heteroatoms. The molecule has 0 atom stereocenters. The van der Waals surface area contributed by atoms with E-state index >= 15 is 0 Å². The summed E-state index contributed by atoms with van der Waals surface area (Å²) in [6, 6.07) is 28.2. The molecule has 1 aromatic heterocycles. The Bertz CT molecular complexity index is 1680. The minimum Gasteiger partial charge on any atom is -0.507 e. The molecular weight excluding hydrogens is 482 g/mol. The van der Waals surface area contributed by atoms with Gasteiger partial charge >= 0.3 is 0 Å². The fraction of sp³-hybridized carbons (Fsp3) is 0.152. The predicted octanol–water partition coefficient (Wildman–Crippen LogP) is 7.30. The summed E-state index contributed by atoms with van der Waals surface area (Å²) < 4.78 is 1.86. The summed E-state index contributed by atoms with van der Waals surface area (Å²) in [4.78, 5) is 9.47. The molecule has 1 N–H and O–H groups in total. The average molecular weight is 514 g/mol. The predicted molar refractivity (Wildman–Crippen MR) is 158 cm³/mol. The van der Waals surface area contributed by atoms with E-state index in [2.05, 4.69) is 92.4 Å². The summed E-state index contributed by atoms with van der Waals surface area (Å²) in [7, 11) is 0. The second-order valence-corrected chi connectivity index (χ2v) is 10.1. The summed E-state index contributed by atoms with van der Waals surface area (Å²) in [5.41, 5.74) is 9.52. The molecule has 2 heterocycles. The molecule has 0 saturated carbocycles. The number of nitrogens with zero attached hydrogens (tertiary/aromatic N) is 5. The van der Waals surface area contributed by atoms with Crippen LogP contribution in [0.4, 0.5) is 11.4 Å². The SMILES string of the molecule is Cc1cccc(C)c1N1C=CN(c2cccc(-c3nc(-c4ccccc4O)n(-c4c(C)cccc4C)n3)c2)C1. The van der Waals surface area contributed by atoms with Gasteiger partial charge in [-0.2, -0.15) is 0 Å². The number of hydrogen-bond acceptors (Lipinski definition) is 5. The highest BCUT2D eigenvalue weighted by Gasteiger charge is 2.22. The van der Waals surface area contributed by atoms with Crippen LogP contribution in [0.1, 0.15) is 22.3 Å². The molecule has 0 saturated heterocycles. The third kappa shape index (κ3) is 4.44. The van der Waals surface area contributed by atoms with Crippen molar-refractivity contribution in [3.63, 3.8) is 0 Å². The van der Waals surface area contributed by atoms with Gasteiger partial charge in [0.05, 0.1) is 17.9 Å². The van der Waals surface area contributed by atoms with E-state index in [1.165, 1.54) is 16.8 Å². The average Bonchev–Trinajstić information content (AvgIpc) is 3.57. The van der Waals surface area contributed by atoms with Crippen molar-refractivity contribution >= 4 is 11.4 Å². The maximum absolute atomic E-state index is 10.7. The first kappa shape index (κ1) is 24.5. The van der Waals surface area contributed by atoms with Crippen LogP contribution in [-0.2, 0) is 0 Å². The summed E-state index contributed by atoms with van der Waals surface area (Å²) >= 11 is 0. The Morgan fingerprint density at radius 3 is 1.97 bits per heavy atom. The lowest BCUT2D eigenvalue weighted by Gasteiger charge is -2.24. The maximum atomic E-state index is 10.7. The Hall–Kier alpha value is -4.84. The number of anilines is 2. The Kier molecular flexibility index (Phi) is 6.15. The molecule has 4 aromatic carbocycles. The van der Waals surface area contributed by atoms with Gasteiger partial charge in [0.1, 0.15) is 5.75 Å². The Morgan fingerprint density at radius 2 is 1.28 bits per heavy atom. The summed E-state index contributed by atoms with van der Waals surface area (Å²) in [5.74, 6) is 1.38. The number of benzene rings is 4. The van der Waals surface area contributed by atoms with Gasteiger partial charge in [0.15, 0.2) is 11.6 Å². The maximum Gasteiger partial charge on any atom is 0.182 e. The van der Waals surface area contributed by atoms with Crippen molar-refractivity contribution in [3.05, 3.63) is 120 Å². The molecule has 39 heavy (non-hydrogen) atoms. The quantitative estimate of drug-likeness (QED) is 0.267. The van der Waals surface area contributed by atoms with E-state index in [1.807, 2.05) is 41.1 Å². The summed E-state index contributed by atoms with van der Waals surface area (Å²) in [6.07, 6.45) is 4.24. The molecule has 0 spiro atoms. The molecule has 1 aliphatic rings. The van der Waals surface area contributed by atoms with Gasteiger partial charge in [0.2, 0.25) is 0 Å². The van der Waals surface area contributed by atoms with Gasteiger partial charge in [-0.15, -0.1) is 5.10 Å². The lowest BCUT2D eigenvalue weighted by molar-refractivity contribution is 0.476.